The number of halogens is 4. The summed E-state index contributed by atoms with van der Waals surface area (Å²) >= 11 is 5.97. The molecule has 1 amide bonds. The van der Waals surface area contributed by atoms with E-state index in [1.165, 1.54) is 26.4 Å². The number of hydrogen-bond acceptors (Lipinski definition) is 9. The summed E-state index contributed by atoms with van der Waals surface area (Å²) in [5.41, 5.74) is -0.771. The van der Waals surface area contributed by atoms with Gasteiger partial charge in [-0.1, -0.05) is 11.6 Å². The van der Waals surface area contributed by atoms with Gasteiger partial charge in [-0.2, -0.15) is 25.9 Å². The fourth-order valence-electron chi connectivity index (χ4n) is 3.67. The summed E-state index contributed by atoms with van der Waals surface area (Å²) in [6, 6.07) is 4.67. The molecule has 0 spiro atoms. The Morgan fingerprint density at radius 3 is 2.64 bits per heavy atom. The van der Waals surface area contributed by atoms with Crippen molar-refractivity contribution in [2.24, 2.45) is 0 Å². The van der Waals surface area contributed by atoms with Crippen molar-refractivity contribution in [3.8, 4) is 17.4 Å². The number of ether oxygens (including phenoxy) is 4. The second-order valence-electron chi connectivity index (χ2n) is 8.27. The summed E-state index contributed by atoms with van der Waals surface area (Å²) in [5, 5.41) is 1.92. The number of nitrogens with one attached hydrogen (secondary N) is 1. The average molecular weight is 598 g/mol. The van der Waals surface area contributed by atoms with Crippen molar-refractivity contribution in [1.29, 1.82) is 0 Å². The Balaban J connectivity index is 1.75. The van der Waals surface area contributed by atoms with Gasteiger partial charge < -0.3 is 28.4 Å². The standard InChI is InChI=1S/C23H27ClF3N3O8S/c1-34-8-9-36-18-6-5-15(20(11-18)37-21-19(24)10-16(13-28-21)23(25,26)27)12-29-22(31)38-39(32,33)30-7-3-4-17(30)14-35-2/h5-6,10-11,13,17H,3-4,7-9,12,14H2,1-2H3,(H,29,31)/t17-/m1/s1. The summed E-state index contributed by atoms with van der Waals surface area (Å²) in [6.45, 7) is 0.547. The van der Waals surface area contributed by atoms with Crippen LogP contribution in [0.25, 0.3) is 0 Å². The fourth-order valence-corrected chi connectivity index (χ4v) is 5.11. The quantitative estimate of drug-likeness (QED) is 0.359. The summed E-state index contributed by atoms with van der Waals surface area (Å²) < 4.78 is 91.0. The predicted molar refractivity (Wildman–Crippen MR) is 132 cm³/mol. The lowest BCUT2D eigenvalue weighted by atomic mass is 10.2. The highest BCUT2D eigenvalue weighted by Crippen LogP contribution is 2.36. The number of hydrogen-bond donors (Lipinski definition) is 1. The highest BCUT2D eigenvalue weighted by molar-refractivity contribution is 7.84. The molecule has 0 bridgehead atoms. The van der Waals surface area contributed by atoms with Crippen molar-refractivity contribution in [2.75, 3.05) is 40.6 Å². The zero-order valence-electron chi connectivity index (χ0n) is 21.0. The highest BCUT2D eigenvalue weighted by Gasteiger charge is 2.37. The lowest BCUT2D eigenvalue weighted by Crippen LogP contribution is -2.41. The van der Waals surface area contributed by atoms with Crippen LogP contribution in [0.5, 0.6) is 17.4 Å². The van der Waals surface area contributed by atoms with Gasteiger partial charge in [-0.25, -0.2) is 9.78 Å². The number of aromatic nitrogens is 1. The van der Waals surface area contributed by atoms with Crippen LogP contribution in [-0.2, 0) is 36.7 Å². The van der Waals surface area contributed by atoms with Crippen LogP contribution in [0, 0.1) is 0 Å². The number of amides is 1. The van der Waals surface area contributed by atoms with E-state index in [2.05, 4.69) is 10.3 Å². The Labute approximate surface area is 228 Å². The number of nitrogens with zero attached hydrogens (tertiary/aromatic N) is 2. The number of carbonyl (C=O) groups is 1. The number of alkyl halides is 3. The van der Waals surface area contributed by atoms with E-state index in [0.29, 0.717) is 36.4 Å². The van der Waals surface area contributed by atoms with Gasteiger partial charge >= 0.3 is 22.6 Å². The highest BCUT2D eigenvalue weighted by atomic mass is 35.5. The van der Waals surface area contributed by atoms with Crippen molar-refractivity contribution in [3.05, 3.63) is 46.6 Å². The van der Waals surface area contributed by atoms with Gasteiger partial charge in [0.05, 0.1) is 24.8 Å². The van der Waals surface area contributed by atoms with Crippen LogP contribution in [0.15, 0.2) is 30.5 Å². The number of benzene rings is 1. The molecule has 1 aromatic carbocycles. The van der Waals surface area contributed by atoms with Crippen molar-refractivity contribution in [3.63, 3.8) is 0 Å². The van der Waals surface area contributed by atoms with Crippen LogP contribution in [0.1, 0.15) is 24.0 Å². The molecule has 0 radical (unpaired) electrons. The largest absolute Gasteiger partial charge is 0.491 e. The van der Waals surface area contributed by atoms with Crippen LogP contribution in [-0.4, -0.2) is 70.4 Å². The topological polar surface area (TPSA) is 126 Å². The second kappa shape index (κ2) is 13.5. The lowest BCUT2D eigenvalue weighted by Gasteiger charge is -2.22. The van der Waals surface area contributed by atoms with Crippen molar-refractivity contribution >= 4 is 28.0 Å². The van der Waals surface area contributed by atoms with Gasteiger partial charge in [-0.15, -0.1) is 0 Å². The molecule has 1 aliphatic rings. The SMILES string of the molecule is COCCOc1ccc(CNC(=O)OS(=O)(=O)N2CCC[C@@H]2COC)c(Oc2ncc(C(F)(F)F)cc2Cl)c1. The zero-order valence-corrected chi connectivity index (χ0v) is 22.6. The number of pyridine rings is 1. The van der Waals surface area contributed by atoms with E-state index in [4.69, 9.17) is 34.7 Å². The summed E-state index contributed by atoms with van der Waals surface area (Å²) in [5.74, 6) is 0.0162. The molecule has 1 N–H and O–H groups in total. The van der Waals surface area contributed by atoms with E-state index in [1.54, 1.807) is 6.07 Å². The van der Waals surface area contributed by atoms with Gasteiger partial charge in [-0.05, 0) is 31.0 Å². The Bertz CT molecular complexity index is 1250. The Morgan fingerprint density at radius 2 is 1.97 bits per heavy atom. The molecule has 2 heterocycles. The first-order valence-corrected chi connectivity index (χ1v) is 13.3. The van der Waals surface area contributed by atoms with E-state index in [1.807, 2.05) is 0 Å². The fraction of sp³-hybridized carbons (Fsp3) is 0.478. The summed E-state index contributed by atoms with van der Waals surface area (Å²) in [4.78, 5) is 16.0. The first-order valence-electron chi connectivity index (χ1n) is 11.6. The third-order valence-corrected chi connectivity index (χ3v) is 7.20. The molecule has 1 aromatic heterocycles. The number of rotatable bonds is 12. The van der Waals surface area contributed by atoms with E-state index in [0.717, 1.165) is 4.31 Å². The van der Waals surface area contributed by atoms with E-state index < -0.39 is 39.2 Å². The minimum Gasteiger partial charge on any atom is -0.491 e. The van der Waals surface area contributed by atoms with Crippen molar-refractivity contribution in [1.82, 2.24) is 14.6 Å². The zero-order chi connectivity index (χ0) is 28.6. The normalized spacial score (nSPS) is 16.2. The third kappa shape index (κ3) is 8.57. The summed E-state index contributed by atoms with van der Waals surface area (Å²) in [6.07, 6.45) is -4.17. The molecule has 39 heavy (non-hydrogen) atoms. The molecular weight excluding hydrogens is 571 g/mol. The van der Waals surface area contributed by atoms with Crippen LogP contribution in [0.4, 0.5) is 18.0 Å². The molecular formula is C23H27ClF3N3O8S. The maximum absolute atomic E-state index is 13.0. The molecule has 0 aliphatic carbocycles. The Morgan fingerprint density at radius 1 is 1.21 bits per heavy atom. The lowest BCUT2D eigenvalue weighted by molar-refractivity contribution is -0.137. The van der Waals surface area contributed by atoms with Gasteiger partial charge in [0.2, 0.25) is 5.88 Å². The van der Waals surface area contributed by atoms with Gasteiger partial charge in [-0.3, -0.25) is 0 Å². The Kier molecular flexibility index (Phi) is 10.6. The van der Waals surface area contributed by atoms with Gasteiger partial charge in [0.1, 0.15) is 23.1 Å². The maximum Gasteiger partial charge on any atom is 0.423 e. The molecule has 1 atom stereocenters. The molecule has 1 aliphatic heterocycles. The monoisotopic (exact) mass is 597 g/mol. The van der Waals surface area contributed by atoms with E-state index in [9.17, 15) is 26.4 Å². The molecule has 0 saturated carbocycles. The molecule has 16 heteroatoms. The molecule has 216 valence electrons. The van der Waals surface area contributed by atoms with Crippen molar-refractivity contribution < 1.29 is 49.5 Å². The first kappa shape index (κ1) is 30.7. The predicted octanol–water partition coefficient (Wildman–Crippen LogP) is 4.15. The number of methoxy groups -OCH3 is 2. The minimum atomic E-state index is -4.65. The summed E-state index contributed by atoms with van der Waals surface area (Å²) in [7, 11) is -1.44. The van der Waals surface area contributed by atoms with Crippen LogP contribution < -0.4 is 14.8 Å². The van der Waals surface area contributed by atoms with Crippen LogP contribution >= 0.6 is 11.6 Å². The molecule has 1 saturated heterocycles. The third-order valence-electron chi connectivity index (χ3n) is 5.51. The van der Waals surface area contributed by atoms with Crippen LogP contribution in [0.3, 0.4) is 0 Å². The molecule has 2 aromatic rings. The smallest absolute Gasteiger partial charge is 0.423 e. The minimum absolute atomic E-state index is 0.0296. The van der Waals surface area contributed by atoms with Gasteiger partial charge in [0.25, 0.3) is 0 Å². The molecule has 3 rings (SSSR count). The van der Waals surface area contributed by atoms with Crippen LogP contribution in [0.2, 0.25) is 5.02 Å². The first-order chi connectivity index (χ1) is 18.4. The van der Waals surface area contributed by atoms with Gasteiger partial charge in [0.15, 0.2) is 0 Å². The molecule has 0 unspecified atom stereocenters. The van der Waals surface area contributed by atoms with Gasteiger partial charge in [0, 0.05) is 45.1 Å². The second-order valence-corrected chi connectivity index (χ2v) is 10.2. The molecule has 11 nitrogen and oxygen atoms in total. The average Bonchev–Trinajstić information content (AvgIpc) is 3.34. The van der Waals surface area contributed by atoms with E-state index >= 15 is 0 Å². The van der Waals surface area contributed by atoms with Crippen molar-refractivity contribution in [2.45, 2.75) is 31.6 Å². The Hall–Kier alpha value is -2.85. The number of carbonyl (C=O) groups excluding carboxylic acids is 1. The molecule has 1 fully saturated rings. The maximum atomic E-state index is 13.0. The van der Waals surface area contributed by atoms with E-state index in [-0.39, 0.29) is 44.5 Å².